The number of hydrogen-bond donors (Lipinski definition) is 1. The Morgan fingerprint density at radius 3 is 2.24 bits per heavy atom. The van der Waals surface area contributed by atoms with Crippen molar-refractivity contribution < 1.29 is 14.6 Å². The van der Waals surface area contributed by atoms with Gasteiger partial charge in [0.15, 0.2) is 0 Å². The molecule has 118 valence electrons. The summed E-state index contributed by atoms with van der Waals surface area (Å²) in [4.78, 5) is 0. The van der Waals surface area contributed by atoms with Crippen LogP contribution in [0.25, 0.3) is 0 Å². The molecule has 0 radical (unpaired) electrons. The molecule has 1 aliphatic carbocycles. The standard InChI is InChI=1S/C18H28O3/c1-14(2)21-17-11-9-15(10-12-17)18(19)13-20-16-7-5-3-4-6-8-16/h9-12,14,16,18-19H,3-8,13H2,1-2H3. The van der Waals surface area contributed by atoms with Crippen LogP contribution in [-0.2, 0) is 4.74 Å². The lowest BCUT2D eigenvalue weighted by Gasteiger charge is -2.19. The van der Waals surface area contributed by atoms with Crippen LogP contribution >= 0.6 is 0 Å². The van der Waals surface area contributed by atoms with Gasteiger partial charge in [0.25, 0.3) is 0 Å². The van der Waals surface area contributed by atoms with Crippen LogP contribution < -0.4 is 4.74 Å². The molecule has 3 heteroatoms. The second kappa shape index (κ2) is 8.40. The van der Waals surface area contributed by atoms with Gasteiger partial charge < -0.3 is 14.6 Å². The second-order valence-electron chi connectivity index (χ2n) is 6.20. The summed E-state index contributed by atoms with van der Waals surface area (Å²) in [6.45, 7) is 4.39. The molecule has 1 atom stereocenters. The minimum absolute atomic E-state index is 0.166. The van der Waals surface area contributed by atoms with Crippen molar-refractivity contribution in [2.75, 3.05) is 6.61 Å². The summed E-state index contributed by atoms with van der Waals surface area (Å²) in [6.07, 6.45) is 7.34. The lowest BCUT2D eigenvalue weighted by Crippen LogP contribution is -2.17. The first-order valence-corrected chi connectivity index (χ1v) is 8.21. The third-order valence-electron chi connectivity index (χ3n) is 3.93. The van der Waals surface area contributed by atoms with E-state index >= 15 is 0 Å². The Bertz CT molecular complexity index is 391. The predicted octanol–water partition coefficient (Wildman–Crippen LogP) is 4.25. The average molecular weight is 292 g/mol. The maximum Gasteiger partial charge on any atom is 0.119 e. The predicted molar refractivity (Wildman–Crippen MR) is 84.6 cm³/mol. The topological polar surface area (TPSA) is 38.7 Å². The molecule has 0 aliphatic heterocycles. The van der Waals surface area contributed by atoms with Crippen LogP contribution in [0.15, 0.2) is 24.3 Å². The molecule has 0 aromatic heterocycles. The van der Waals surface area contributed by atoms with Gasteiger partial charge in [0.1, 0.15) is 11.9 Å². The van der Waals surface area contributed by atoms with Crippen LogP contribution in [0.3, 0.4) is 0 Å². The number of rotatable bonds is 6. The third kappa shape index (κ3) is 5.68. The number of hydrogen-bond acceptors (Lipinski definition) is 3. The summed E-state index contributed by atoms with van der Waals surface area (Å²) in [5.74, 6) is 0.839. The van der Waals surface area contributed by atoms with Gasteiger partial charge in [-0.15, -0.1) is 0 Å². The lowest BCUT2D eigenvalue weighted by molar-refractivity contribution is -0.0160. The Labute approximate surface area is 128 Å². The first kappa shape index (κ1) is 16.3. The quantitative estimate of drug-likeness (QED) is 0.797. The second-order valence-corrected chi connectivity index (χ2v) is 6.20. The van der Waals surface area contributed by atoms with E-state index in [2.05, 4.69) is 0 Å². The molecule has 0 spiro atoms. The molecule has 1 aliphatic rings. The summed E-state index contributed by atoms with van der Waals surface area (Å²) in [6, 6.07) is 7.64. The Kier molecular flexibility index (Phi) is 6.52. The van der Waals surface area contributed by atoms with Gasteiger partial charge in [-0.05, 0) is 44.4 Å². The fraction of sp³-hybridized carbons (Fsp3) is 0.667. The monoisotopic (exact) mass is 292 g/mol. The van der Waals surface area contributed by atoms with Crippen molar-refractivity contribution in [1.29, 1.82) is 0 Å². The van der Waals surface area contributed by atoms with Crippen LogP contribution in [0.2, 0.25) is 0 Å². The minimum atomic E-state index is -0.554. The summed E-state index contributed by atoms with van der Waals surface area (Å²) in [5.41, 5.74) is 0.889. The van der Waals surface area contributed by atoms with Gasteiger partial charge in [0.2, 0.25) is 0 Å². The maximum absolute atomic E-state index is 10.2. The molecule has 1 aromatic carbocycles. The highest BCUT2D eigenvalue weighted by molar-refractivity contribution is 5.28. The van der Waals surface area contributed by atoms with Crippen LogP contribution in [0.1, 0.15) is 64.0 Å². The van der Waals surface area contributed by atoms with Gasteiger partial charge in [-0.1, -0.05) is 37.8 Å². The molecule has 2 rings (SSSR count). The highest BCUT2D eigenvalue weighted by Crippen LogP contribution is 2.23. The van der Waals surface area contributed by atoms with Crippen LogP contribution in [-0.4, -0.2) is 23.9 Å². The maximum atomic E-state index is 10.2. The van der Waals surface area contributed by atoms with Crippen molar-refractivity contribution in [2.24, 2.45) is 0 Å². The zero-order chi connectivity index (χ0) is 15.1. The van der Waals surface area contributed by atoms with E-state index < -0.39 is 6.10 Å². The van der Waals surface area contributed by atoms with Crippen molar-refractivity contribution in [1.82, 2.24) is 0 Å². The molecule has 3 nitrogen and oxygen atoms in total. The normalized spacial score (nSPS) is 18.5. The zero-order valence-electron chi connectivity index (χ0n) is 13.3. The van der Waals surface area contributed by atoms with Gasteiger partial charge in [-0.3, -0.25) is 0 Å². The molecule has 21 heavy (non-hydrogen) atoms. The molecule has 0 heterocycles. The highest BCUT2D eigenvalue weighted by Gasteiger charge is 2.15. The fourth-order valence-corrected chi connectivity index (χ4v) is 2.77. The van der Waals surface area contributed by atoms with E-state index in [1.54, 1.807) is 0 Å². The molecule has 1 unspecified atom stereocenters. The Morgan fingerprint density at radius 1 is 1.05 bits per heavy atom. The molecule has 1 fully saturated rings. The molecular weight excluding hydrogens is 264 g/mol. The lowest BCUT2D eigenvalue weighted by atomic mass is 10.1. The minimum Gasteiger partial charge on any atom is -0.491 e. The van der Waals surface area contributed by atoms with E-state index in [0.717, 1.165) is 24.2 Å². The molecule has 1 N–H and O–H groups in total. The van der Waals surface area contributed by atoms with Crippen molar-refractivity contribution in [2.45, 2.75) is 70.7 Å². The fourth-order valence-electron chi connectivity index (χ4n) is 2.77. The van der Waals surface area contributed by atoms with E-state index in [1.165, 1.54) is 25.7 Å². The number of aliphatic hydroxyl groups is 1. The van der Waals surface area contributed by atoms with E-state index in [4.69, 9.17) is 9.47 Å². The number of benzene rings is 1. The van der Waals surface area contributed by atoms with Gasteiger partial charge in [0.05, 0.1) is 18.8 Å². The summed E-state index contributed by atoms with van der Waals surface area (Å²) in [5, 5.41) is 10.2. The summed E-state index contributed by atoms with van der Waals surface area (Å²) in [7, 11) is 0. The molecular formula is C18H28O3. The van der Waals surface area contributed by atoms with E-state index in [9.17, 15) is 5.11 Å². The van der Waals surface area contributed by atoms with Gasteiger partial charge in [-0.25, -0.2) is 0 Å². The van der Waals surface area contributed by atoms with E-state index in [-0.39, 0.29) is 6.10 Å². The summed E-state index contributed by atoms with van der Waals surface area (Å²) < 4.78 is 11.5. The van der Waals surface area contributed by atoms with Crippen molar-refractivity contribution >= 4 is 0 Å². The largest absolute Gasteiger partial charge is 0.491 e. The highest BCUT2D eigenvalue weighted by atomic mass is 16.5. The van der Waals surface area contributed by atoms with Crippen LogP contribution in [0.5, 0.6) is 5.75 Å². The molecule has 1 saturated carbocycles. The molecule has 0 bridgehead atoms. The first-order valence-electron chi connectivity index (χ1n) is 8.21. The Hall–Kier alpha value is -1.06. The third-order valence-corrected chi connectivity index (χ3v) is 3.93. The van der Waals surface area contributed by atoms with Gasteiger partial charge in [-0.2, -0.15) is 0 Å². The van der Waals surface area contributed by atoms with Crippen LogP contribution in [0, 0.1) is 0 Å². The van der Waals surface area contributed by atoms with Gasteiger partial charge in [0, 0.05) is 0 Å². The molecule has 0 amide bonds. The smallest absolute Gasteiger partial charge is 0.119 e. The molecule has 0 saturated heterocycles. The average Bonchev–Trinajstić information content (AvgIpc) is 2.73. The first-order chi connectivity index (χ1) is 10.1. The molecule has 1 aromatic rings. The van der Waals surface area contributed by atoms with Crippen molar-refractivity contribution in [3.63, 3.8) is 0 Å². The zero-order valence-corrected chi connectivity index (χ0v) is 13.3. The van der Waals surface area contributed by atoms with E-state index in [1.807, 2.05) is 38.1 Å². The van der Waals surface area contributed by atoms with E-state index in [0.29, 0.717) is 12.7 Å². The Balaban J connectivity index is 1.80. The number of ether oxygens (including phenoxy) is 2. The van der Waals surface area contributed by atoms with Gasteiger partial charge >= 0.3 is 0 Å². The SMILES string of the molecule is CC(C)Oc1ccc(C(O)COC2CCCCCC2)cc1. The van der Waals surface area contributed by atoms with Crippen molar-refractivity contribution in [3.8, 4) is 5.75 Å². The Morgan fingerprint density at radius 2 is 1.67 bits per heavy atom. The number of aliphatic hydroxyl groups excluding tert-OH is 1. The summed E-state index contributed by atoms with van der Waals surface area (Å²) >= 11 is 0. The van der Waals surface area contributed by atoms with Crippen molar-refractivity contribution in [3.05, 3.63) is 29.8 Å². The van der Waals surface area contributed by atoms with Crippen LogP contribution in [0.4, 0.5) is 0 Å².